The molecule has 0 unspecified atom stereocenters. The Morgan fingerprint density at radius 3 is 2.76 bits per heavy atom. The van der Waals surface area contributed by atoms with E-state index < -0.39 is 5.97 Å². The molecule has 6 heteroatoms. The van der Waals surface area contributed by atoms with Crippen molar-refractivity contribution in [3.63, 3.8) is 0 Å². The average Bonchev–Trinajstić information content (AvgIpc) is 2.94. The second-order valence-electron chi connectivity index (χ2n) is 5.18. The number of ether oxygens (including phenoxy) is 1. The second kappa shape index (κ2) is 6.97. The Kier molecular flexibility index (Phi) is 5.03. The van der Waals surface area contributed by atoms with Crippen molar-refractivity contribution in [1.82, 2.24) is 10.6 Å². The Bertz CT molecular complexity index is 518. The fourth-order valence-electron chi connectivity index (χ4n) is 2.60. The molecule has 1 aromatic rings. The number of carbonyl (C=O) groups excluding carboxylic acids is 1. The van der Waals surface area contributed by atoms with Gasteiger partial charge in [-0.25, -0.2) is 4.79 Å². The molecule has 0 saturated heterocycles. The number of hydrogen-bond donors (Lipinski definition) is 3. The van der Waals surface area contributed by atoms with Crippen LogP contribution in [0.25, 0.3) is 0 Å². The summed E-state index contributed by atoms with van der Waals surface area (Å²) in [4.78, 5) is 22.7. The fraction of sp³-hybridized carbons (Fsp3) is 0.467. The minimum atomic E-state index is -0.784. The van der Waals surface area contributed by atoms with Crippen LogP contribution in [0, 0.1) is 5.92 Å². The largest absolute Gasteiger partial charge is 0.496 e. The van der Waals surface area contributed by atoms with Crippen LogP contribution in [0.4, 0.5) is 4.79 Å². The van der Waals surface area contributed by atoms with Gasteiger partial charge in [-0.2, -0.15) is 0 Å². The van der Waals surface area contributed by atoms with E-state index in [1.54, 1.807) is 7.11 Å². The Labute approximate surface area is 123 Å². The van der Waals surface area contributed by atoms with Crippen molar-refractivity contribution in [3.05, 3.63) is 29.8 Å². The molecule has 0 heterocycles. The van der Waals surface area contributed by atoms with E-state index in [9.17, 15) is 9.59 Å². The van der Waals surface area contributed by atoms with E-state index in [0.717, 1.165) is 11.3 Å². The van der Waals surface area contributed by atoms with E-state index in [0.29, 0.717) is 25.8 Å². The molecule has 1 aliphatic rings. The maximum absolute atomic E-state index is 11.8. The van der Waals surface area contributed by atoms with Crippen LogP contribution in [-0.4, -0.2) is 30.3 Å². The molecule has 1 saturated carbocycles. The smallest absolute Gasteiger partial charge is 0.315 e. The van der Waals surface area contributed by atoms with Gasteiger partial charge in [0, 0.05) is 18.2 Å². The number of nitrogens with one attached hydrogen (secondary N) is 2. The van der Waals surface area contributed by atoms with Crippen molar-refractivity contribution in [2.45, 2.75) is 31.8 Å². The molecule has 6 nitrogen and oxygen atoms in total. The maximum Gasteiger partial charge on any atom is 0.315 e. The zero-order valence-electron chi connectivity index (χ0n) is 12.0. The minimum Gasteiger partial charge on any atom is -0.496 e. The highest BCUT2D eigenvalue weighted by Crippen LogP contribution is 2.25. The standard InChI is InChI=1S/C15H20N2O4/c1-21-13-5-3-2-4-11(13)9-16-15(20)17-12-7-6-10(8-12)14(18)19/h2-5,10,12H,6-9H2,1H3,(H,18,19)(H2,16,17,20)/t10-,12+/m1/s1. The molecule has 2 rings (SSSR count). The van der Waals surface area contributed by atoms with Crippen molar-refractivity contribution >= 4 is 12.0 Å². The van der Waals surface area contributed by atoms with Crippen LogP contribution in [0.15, 0.2) is 24.3 Å². The van der Waals surface area contributed by atoms with Gasteiger partial charge in [0.1, 0.15) is 5.75 Å². The van der Waals surface area contributed by atoms with E-state index in [1.807, 2.05) is 24.3 Å². The second-order valence-corrected chi connectivity index (χ2v) is 5.18. The summed E-state index contributed by atoms with van der Waals surface area (Å²) in [6, 6.07) is 7.12. The number of carbonyl (C=O) groups is 2. The Morgan fingerprint density at radius 2 is 2.10 bits per heavy atom. The molecule has 2 atom stereocenters. The molecule has 1 aliphatic carbocycles. The van der Waals surface area contributed by atoms with E-state index in [1.165, 1.54) is 0 Å². The van der Waals surface area contributed by atoms with E-state index >= 15 is 0 Å². The zero-order chi connectivity index (χ0) is 15.2. The van der Waals surface area contributed by atoms with Crippen LogP contribution < -0.4 is 15.4 Å². The van der Waals surface area contributed by atoms with Crippen LogP contribution in [0.3, 0.4) is 0 Å². The lowest BCUT2D eigenvalue weighted by molar-refractivity contribution is -0.141. The lowest BCUT2D eigenvalue weighted by Gasteiger charge is -2.14. The number of aliphatic carboxylic acids is 1. The molecule has 2 amide bonds. The van der Waals surface area contributed by atoms with Crippen molar-refractivity contribution in [2.24, 2.45) is 5.92 Å². The number of carboxylic acid groups (broad SMARTS) is 1. The summed E-state index contributed by atoms with van der Waals surface area (Å²) in [5.74, 6) is -0.400. The zero-order valence-corrected chi connectivity index (χ0v) is 12.0. The third-order valence-electron chi connectivity index (χ3n) is 3.75. The summed E-state index contributed by atoms with van der Waals surface area (Å²) >= 11 is 0. The van der Waals surface area contributed by atoms with Gasteiger partial charge in [-0.1, -0.05) is 18.2 Å². The average molecular weight is 292 g/mol. The van der Waals surface area contributed by atoms with Gasteiger partial charge in [0.05, 0.1) is 13.0 Å². The summed E-state index contributed by atoms with van der Waals surface area (Å²) in [6.45, 7) is 0.366. The first-order valence-electron chi connectivity index (χ1n) is 6.99. The first-order chi connectivity index (χ1) is 10.1. The molecule has 21 heavy (non-hydrogen) atoms. The monoisotopic (exact) mass is 292 g/mol. The molecule has 0 radical (unpaired) electrons. The van der Waals surface area contributed by atoms with Crippen LogP contribution in [0.1, 0.15) is 24.8 Å². The molecule has 0 spiro atoms. The number of hydrogen-bond acceptors (Lipinski definition) is 3. The fourth-order valence-corrected chi connectivity index (χ4v) is 2.60. The Balaban J connectivity index is 1.79. The number of urea groups is 1. The lowest BCUT2D eigenvalue weighted by atomic mass is 10.1. The molecule has 1 fully saturated rings. The molecule has 114 valence electrons. The molecule has 0 aromatic heterocycles. The van der Waals surface area contributed by atoms with Crippen LogP contribution in [-0.2, 0) is 11.3 Å². The number of para-hydroxylation sites is 1. The first-order valence-corrected chi connectivity index (χ1v) is 6.99. The summed E-state index contributed by atoms with van der Waals surface area (Å²) < 4.78 is 5.21. The normalized spacial score (nSPS) is 20.8. The predicted molar refractivity (Wildman–Crippen MR) is 77.1 cm³/mol. The summed E-state index contributed by atoms with van der Waals surface area (Å²) in [7, 11) is 1.59. The van der Waals surface area contributed by atoms with Crippen molar-refractivity contribution < 1.29 is 19.4 Å². The number of benzene rings is 1. The lowest BCUT2D eigenvalue weighted by Crippen LogP contribution is -2.40. The van der Waals surface area contributed by atoms with Crippen molar-refractivity contribution in [3.8, 4) is 5.75 Å². The maximum atomic E-state index is 11.8. The van der Waals surface area contributed by atoms with E-state index in [-0.39, 0.29) is 18.0 Å². The topological polar surface area (TPSA) is 87.7 Å². The van der Waals surface area contributed by atoms with E-state index in [4.69, 9.17) is 9.84 Å². The third kappa shape index (κ3) is 4.11. The quantitative estimate of drug-likeness (QED) is 0.771. The van der Waals surface area contributed by atoms with Crippen LogP contribution in [0.2, 0.25) is 0 Å². The Morgan fingerprint density at radius 1 is 1.33 bits per heavy atom. The highest BCUT2D eigenvalue weighted by molar-refractivity contribution is 5.75. The first kappa shape index (κ1) is 15.2. The number of carboxylic acids is 1. The molecular formula is C15H20N2O4. The summed E-state index contributed by atoms with van der Waals surface area (Å²) in [5, 5.41) is 14.5. The van der Waals surface area contributed by atoms with Gasteiger partial charge in [-0.3, -0.25) is 4.79 Å². The van der Waals surface area contributed by atoms with Gasteiger partial charge in [-0.05, 0) is 25.3 Å². The van der Waals surface area contributed by atoms with Gasteiger partial charge in [-0.15, -0.1) is 0 Å². The number of amides is 2. The van der Waals surface area contributed by atoms with Gasteiger partial charge in [0.15, 0.2) is 0 Å². The molecule has 0 aliphatic heterocycles. The molecule has 1 aromatic carbocycles. The Hall–Kier alpha value is -2.24. The highest BCUT2D eigenvalue weighted by Gasteiger charge is 2.30. The number of methoxy groups -OCH3 is 1. The van der Waals surface area contributed by atoms with Gasteiger partial charge in [0.2, 0.25) is 0 Å². The van der Waals surface area contributed by atoms with Crippen LogP contribution in [0.5, 0.6) is 5.75 Å². The number of rotatable bonds is 5. The third-order valence-corrected chi connectivity index (χ3v) is 3.75. The van der Waals surface area contributed by atoms with Gasteiger partial charge < -0.3 is 20.5 Å². The minimum absolute atomic E-state index is 0.0660. The van der Waals surface area contributed by atoms with E-state index in [2.05, 4.69) is 10.6 Å². The van der Waals surface area contributed by atoms with Gasteiger partial charge in [0.25, 0.3) is 0 Å². The molecule has 0 bridgehead atoms. The predicted octanol–water partition coefficient (Wildman–Crippen LogP) is 1.75. The summed E-state index contributed by atoms with van der Waals surface area (Å²) in [6.07, 6.45) is 1.82. The summed E-state index contributed by atoms with van der Waals surface area (Å²) in [5.41, 5.74) is 0.894. The van der Waals surface area contributed by atoms with Gasteiger partial charge >= 0.3 is 12.0 Å². The molecule has 3 N–H and O–H groups in total. The van der Waals surface area contributed by atoms with Crippen LogP contribution >= 0.6 is 0 Å². The molecular weight excluding hydrogens is 272 g/mol. The highest BCUT2D eigenvalue weighted by atomic mass is 16.5. The van der Waals surface area contributed by atoms with Crippen molar-refractivity contribution in [1.29, 1.82) is 0 Å². The SMILES string of the molecule is COc1ccccc1CNC(=O)N[C@H]1CC[C@@H](C(=O)O)C1. The van der Waals surface area contributed by atoms with Crippen molar-refractivity contribution in [2.75, 3.05) is 7.11 Å².